The molecule has 8 heteroatoms. The summed E-state index contributed by atoms with van der Waals surface area (Å²) in [5, 5.41) is 2.82. The Bertz CT molecular complexity index is 1030. The minimum absolute atomic E-state index is 0.158. The molecule has 144 valence electrons. The summed E-state index contributed by atoms with van der Waals surface area (Å²) in [5.41, 5.74) is 2.18. The molecule has 0 bridgehead atoms. The average Bonchev–Trinajstić information content (AvgIpc) is 2.73. The van der Waals surface area contributed by atoms with Gasteiger partial charge in [-0.05, 0) is 31.5 Å². The Morgan fingerprint density at radius 1 is 1.18 bits per heavy atom. The normalized spacial score (nSPS) is 10.5. The predicted octanol–water partition coefficient (Wildman–Crippen LogP) is 1.64. The Hall–Kier alpha value is -3.55. The number of aryl methyl sites for hydroxylation is 1. The van der Waals surface area contributed by atoms with E-state index in [2.05, 4.69) is 20.3 Å². The van der Waals surface area contributed by atoms with Crippen LogP contribution in [0.5, 0.6) is 5.75 Å². The number of carbonyl (C=O) groups excluding carboxylic acids is 1. The molecule has 0 saturated carbocycles. The van der Waals surface area contributed by atoms with Crippen molar-refractivity contribution in [3.05, 3.63) is 70.0 Å². The van der Waals surface area contributed by atoms with Gasteiger partial charge in [0, 0.05) is 30.2 Å². The van der Waals surface area contributed by atoms with Crippen molar-refractivity contribution in [1.82, 2.24) is 24.8 Å². The lowest BCUT2D eigenvalue weighted by atomic mass is 10.2. The van der Waals surface area contributed by atoms with E-state index in [1.165, 1.54) is 23.2 Å². The highest BCUT2D eigenvalue weighted by Crippen LogP contribution is 2.14. The third-order valence-corrected chi connectivity index (χ3v) is 4.38. The van der Waals surface area contributed by atoms with Crippen molar-refractivity contribution in [1.29, 1.82) is 0 Å². The van der Waals surface area contributed by atoms with Crippen LogP contribution in [0.25, 0.3) is 11.5 Å². The van der Waals surface area contributed by atoms with Gasteiger partial charge in [-0.15, -0.1) is 0 Å². The second-order valence-corrected chi connectivity index (χ2v) is 6.25. The maximum absolute atomic E-state index is 12.7. The second-order valence-electron chi connectivity index (χ2n) is 6.25. The standard InChI is InChI=1S/C20H21N5O3/c1-13-14(2)24-19(17-11-21-8-9-22-17)25(20(13)27)12-18(26)23-10-15-4-6-16(28-3)7-5-15/h4-9,11H,10,12H2,1-3H3,(H,23,26). The molecule has 0 saturated heterocycles. The van der Waals surface area contributed by atoms with Crippen LogP contribution in [-0.4, -0.2) is 32.5 Å². The fraction of sp³-hybridized carbons (Fsp3) is 0.250. The van der Waals surface area contributed by atoms with E-state index in [9.17, 15) is 9.59 Å². The van der Waals surface area contributed by atoms with Crippen LogP contribution in [-0.2, 0) is 17.9 Å². The number of hydrogen-bond donors (Lipinski definition) is 1. The lowest BCUT2D eigenvalue weighted by Crippen LogP contribution is -2.34. The summed E-state index contributed by atoms with van der Waals surface area (Å²) in [4.78, 5) is 37.9. The third kappa shape index (κ3) is 4.22. The lowest BCUT2D eigenvalue weighted by molar-refractivity contribution is -0.121. The Kier molecular flexibility index (Phi) is 5.78. The van der Waals surface area contributed by atoms with Crippen LogP contribution in [0.2, 0.25) is 0 Å². The van der Waals surface area contributed by atoms with Gasteiger partial charge in [0.25, 0.3) is 5.56 Å². The van der Waals surface area contributed by atoms with E-state index in [1.807, 2.05) is 24.3 Å². The van der Waals surface area contributed by atoms with Crippen molar-refractivity contribution in [2.75, 3.05) is 7.11 Å². The van der Waals surface area contributed by atoms with E-state index < -0.39 is 0 Å². The molecule has 0 atom stereocenters. The van der Waals surface area contributed by atoms with Crippen LogP contribution in [0.15, 0.2) is 47.7 Å². The van der Waals surface area contributed by atoms with Gasteiger partial charge in [0.15, 0.2) is 5.82 Å². The molecule has 3 rings (SSSR count). The van der Waals surface area contributed by atoms with E-state index in [0.717, 1.165) is 11.3 Å². The van der Waals surface area contributed by atoms with Crippen molar-refractivity contribution in [2.45, 2.75) is 26.9 Å². The number of ether oxygens (including phenoxy) is 1. The summed E-state index contributed by atoms with van der Waals surface area (Å²) in [6.45, 7) is 3.63. The van der Waals surface area contributed by atoms with Crippen molar-refractivity contribution < 1.29 is 9.53 Å². The topological polar surface area (TPSA) is 99.0 Å². The molecule has 0 spiro atoms. The molecular formula is C20H21N5O3. The van der Waals surface area contributed by atoms with Gasteiger partial charge in [-0.3, -0.25) is 19.1 Å². The third-order valence-electron chi connectivity index (χ3n) is 4.38. The molecular weight excluding hydrogens is 358 g/mol. The quantitative estimate of drug-likeness (QED) is 0.699. The zero-order chi connectivity index (χ0) is 20.1. The van der Waals surface area contributed by atoms with Gasteiger partial charge in [-0.25, -0.2) is 9.97 Å². The summed E-state index contributed by atoms with van der Waals surface area (Å²) in [6, 6.07) is 7.39. The number of rotatable bonds is 6. The maximum Gasteiger partial charge on any atom is 0.257 e. The minimum atomic E-state index is -0.298. The second kappa shape index (κ2) is 8.43. The number of carbonyl (C=O) groups is 1. The van der Waals surface area contributed by atoms with Crippen LogP contribution < -0.4 is 15.6 Å². The molecule has 1 aromatic carbocycles. The van der Waals surface area contributed by atoms with Crippen LogP contribution in [0.3, 0.4) is 0 Å². The van der Waals surface area contributed by atoms with E-state index in [-0.39, 0.29) is 18.0 Å². The van der Waals surface area contributed by atoms with E-state index in [1.54, 1.807) is 21.0 Å². The number of aromatic nitrogens is 4. The van der Waals surface area contributed by atoms with Gasteiger partial charge in [0.2, 0.25) is 5.91 Å². The van der Waals surface area contributed by atoms with Crippen molar-refractivity contribution in [3.63, 3.8) is 0 Å². The van der Waals surface area contributed by atoms with Crippen LogP contribution in [0.4, 0.5) is 0 Å². The number of hydrogen-bond acceptors (Lipinski definition) is 6. The van der Waals surface area contributed by atoms with Gasteiger partial charge >= 0.3 is 0 Å². The van der Waals surface area contributed by atoms with Crippen LogP contribution >= 0.6 is 0 Å². The zero-order valence-electron chi connectivity index (χ0n) is 16.0. The Morgan fingerprint density at radius 2 is 1.93 bits per heavy atom. The molecule has 1 amide bonds. The molecule has 2 heterocycles. The first kappa shape index (κ1) is 19.2. The van der Waals surface area contributed by atoms with Crippen molar-refractivity contribution in [2.24, 2.45) is 0 Å². The number of methoxy groups -OCH3 is 1. The summed E-state index contributed by atoms with van der Waals surface area (Å²) < 4.78 is 6.45. The monoisotopic (exact) mass is 379 g/mol. The number of benzene rings is 1. The van der Waals surface area contributed by atoms with E-state index >= 15 is 0 Å². The Balaban J connectivity index is 1.81. The molecule has 2 aromatic heterocycles. The smallest absolute Gasteiger partial charge is 0.257 e. The number of amides is 1. The first-order valence-electron chi connectivity index (χ1n) is 8.73. The molecule has 28 heavy (non-hydrogen) atoms. The maximum atomic E-state index is 12.7. The highest BCUT2D eigenvalue weighted by molar-refractivity contribution is 5.76. The first-order chi connectivity index (χ1) is 13.5. The summed E-state index contributed by atoms with van der Waals surface area (Å²) in [5.74, 6) is 0.769. The van der Waals surface area contributed by atoms with E-state index in [4.69, 9.17) is 4.74 Å². The van der Waals surface area contributed by atoms with Crippen LogP contribution in [0.1, 0.15) is 16.8 Å². The van der Waals surface area contributed by atoms with Gasteiger partial charge < -0.3 is 10.1 Å². The van der Waals surface area contributed by atoms with Gasteiger partial charge in [-0.2, -0.15) is 0 Å². The SMILES string of the molecule is COc1ccc(CNC(=O)Cn2c(-c3cnccn3)nc(C)c(C)c2=O)cc1. The van der Waals surface area contributed by atoms with Gasteiger partial charge in [-0.1, -0.05) is 12.1 Å². The number of nitrogens with one attached hydrogen (secondary N) is 1. The fourth-order valence-corrected chi connectivity index (χ4v) is 2.66. The van der Waals surface area contributed by atoms with Crippen LogP contribution in [0, 0.1) is 13.8 Å². The highest BCUT2D eigenvalue weighted by Gasteiger charge is 2.16. The Labute approximate surface area is 162 Å². The predicted molar refractivity (Wildman–Crippen MR) is 104 cm³/mol. The lowest BCUT2D eigenvalue weighted by Gasteiger charge is -2.14. The summed E-state index contributed by atoms with van der Waals surface area (Å²) in [7, 11) is 1.60. The fourth-order valence-electron chi connectivity index (χ4n) is 2.66. The highest BCUT2D eigenvalue weighted by atomic mass is 16.5. The zero-order valence-corrected chi connectivity index (χ0v) is 16.0. The van der Waals surface area contributed by atoms with Crippen molar-refractivity contribution >= 4 is 5.91 Å². The molecule has 0 aliphatic heterocycles. The summed E-state index contributed by atoms with van der Waals surface area (Å²) >= 11 is 0. The molecule has 0 aliphatic rings. The molecule has 8 nitrogen and oxygen atoms in total. The average molecular weight is 379 g/mol. The summed E-state index contributed by atoms with van der Waals surface area (Å²) in [6.07, 6.45) is 4.57. The van der Waals surface area contributed by atoms with Gasteiger partial charge in [0.1, 0.15) is 18.0 Å². The van der Waals surface area contributed by atoms with E-state index in [0.29, 0.717) is 29.3 Å². The molecule has 0 unspecified atom stereocenters. The molecule has 1 N–H and O–H groups in total. The van der Waals surface area contributed by atoms with Crippen molar-refractivity contribution in [3.8, 4) is 17.3 Å². The first-order valence-corrected chi connectivity index (χ1v) is 8.73. The molecule has 0 aliphatic carbocycles. The minimum Gasteiger partial charge on any atom is -0.497 e. The number of nitrogens with zero attached hydrogens (tertiary/aromatic N) is 4. The Morgan fingerprint density at radius 3 is 2.57 bits per heavy atom. The largest absolute Gasteiger partial charge is 0.497 e. The molecule has 0 radical (unpaired) electrons. The molecule has 0 fully saturated rings. The molecule has 3 aromatic rings. The van der Waals surface area contributed by atoms with Gasteiger partial charge in [0.05, 0.1) is 13.3 Å².